The number of nitrogens with one attached hydrogen (secondary N) is 1. The monoisotopic (exact) mass is 311 g/mol. The number of rotatable bonds is 5. The number of ether oxygens (including phenoxy) is 1. The summed E-state index contributed by atoms with van der Waals surface area (Å²) in [6.07, 6.45) is 8.93. The molecule has 3 rings (SSSR count). The second kappa shape index (κ2) is 6.17. The van der Waals surface area contributed by atoms with Crippen LogP contribution in [0.15, 0.2) is 18.2 Å². The SMILES string of the molecule is CSC1(CNCC2Cc3cc(Cl)ccc3O2)CCCC1. The summed E-state index contributed by atoms with van der Waals surface area (Å²) in [6, 6.07) is 5.91. The van der Waals surface area contributed by atoms with Crippen LogP contribution in [0, 0.1) is 0 Å². The highest BCUT2D eigenvalue weighted by molar-refractivity contribution is 8.00. The molecule has 2 aliphatic rings. The van der Waals surface area contributed by atoms with Crippen molar-refractivity contribution in [3.8, 4) is 5.75 Å². The summed E-state index contributed by atoms with van der Waals surface area (Å²) in [4.78, 5) is 0. The zero-order valence-electron chi connectivity index (χ0n) is 12.0. The Morgan fingerprint density at radius 1 is 1.40 bits per heavy atom. The number of thioether (sulfide) groups is 1. The van der Waals surface area contributed by atoms with Crippen molar-refractivity contribution < 1.29 is 4.74 Å². The van der Waals surface area contributed by atoms with Crippen LogP contribution in [0.5, 0.6) is 5.75 Å². The fraction of sp³-hybridized carbons (Fsp3) is 0.625. The van der Waals surface area contributed by atoms with E-state index in [-0.39, 0.29) is 6.10 Å². The molecule has 1 saturated carbocycles. The van der Waals surface area contributed by atoms with E-state index in [4.69, 9.17) is 16.3 Å². The highest BCUT2D eigenvalue weighted by atomic mass is 35.5. The molecule has 110 valence electrons. The van der Waals surface area contributed by atoms with Gasteiger partial charge in [-0.1, -0.05) is 24.4 Å². The van der Waals surface area contributed by atoms with Crippen LogP contribution in [-0.4, -0.2) is 30.2 Å². The van der Waals surface area contributed by atoms with Crippen LogP contribution in [-0.2, 0) is 6.42 Å². The van der Waals surface area contributed by atoms with Gasteiger partial charge in [0, 0.05) is 29.3 Å². The van der Waals surface area contributed by atoms with E-state index >= 15 is 0 Å². The molecular formula is C16H22ClNOS. The average Bonchev–Trinajstić information content (AvgIpc) is 3.05. The van der Waals surface area contributed by atoms with Gasteiger partial charge in [-0.05, 0) is 42.9 Å². The van der Waals surface area contributed by atoms with E-state index in [0.717, 1.165) is 30.3 Å². The van der Waals surface area contributed by atoms with Gasteiger partial charge in [0.1, 0.15) is 11.9 Å². The van der Waals surface area contributed by atoms with E-state index in [1.165, 1.54) is 31.2 Å². The summed E-state index contributed by atoms with van der Waals surface area (Å²) in [6.45, 7) is 2.03. The van der Waals surface area contributed by atoms with Gasteiger partial charge in [0.15, 0.2) is 0 Å². The van der Waals surface area contributed by atoms with E-state index in [2.05, 4.69) is 11.6 Å². The average molecular weight is 312 g/mol. The normalized spacial score (nSPS) is 23.6. The molecule has 0 bridgehead atoms. The molecule has 1 aliphatic heterocycles. The third-order valence-corrected chi connectivity index (χ3v) is 6.18. The lowest BCUT2D eigenvalue weighted by molar-refractivity contribution is 0.226. The maximum Gasteiger partial charge on any atom is 0.123 e. The maximum atomic E-state index is 6.02. The molecule has 1 N–H and O–H groups in total. The second-order valence-electron chi connectivity index (χ2n) is 5.92. The molecule has 1 atom stereocenters. The molecule has 1 aromatic rings. The Hall–Kier alpha value is -0.380. The first-order valence-corrected chi connectivity index (χ1v) is 9.02. The van der Waals surface area contributed by atoms with Crippen LogP contribution in [0.3, 0.4) is 0 Å². The van der Waals surface area contributed by atoms with Crippen molar-refractivity contribution in [1.29, 1.82) is 0 Å². The van der Waals surface area contributed by atoms with Gasteiger partial charge < -0.3 is 10.1 Å². The summed E-state index contributed by atoms with van der Waals surface area (Å²) in [7, 11) is 0. The molecule has 0 aromatic heterocycles. The molecule has 1 aromatic carbocycles. The van der Waals surface area contributed by atoms with Crippen LogP contribution in [0.25, 0.3) is 0 Å². The van der Waals surface area contributed by atoms with Gasteiger partial charge in [-0.25, -0.2) is 0 Å². The predicted octanol–water partition coefficient (Wildman–Crippen LogP) is 3.91. The van der Waals surface area contributed by atoms with Crippen molar-refractivity contribution in [3.05, 3.63) is 28.8 Å². The van der Waals surface area contributed by atoms with E-state index in [1.54, 1.807) is 0 Å². The molecule has 0 radical (unpaired) electrons. The van der Waals surface area contributed by atoms with Gasteiger partial charge >= 0.3 is 0 Å². The van der Waals surface area contributed by atoms with Gasteiger partial charge in [-0.15, -0.1) is 0 Å². The lowest BCUT2D eigenvalue weighted by atomic mass is 10.1. The first-order chi connectivity index (χ1) is 9.71. The highest BCUT2D eigenvalue weighted by Crippen LogP contribution is 2.39. The molecule has 0 spiro atoms. The van der Waals surface area contributed by atoms with Crippen LogP contribution in [0.1, 0.15) is 31.2 Å². The van der Waals surface area contributed by atoms with Crippen LogP contribution < -0.4 is 10.1 Å². The molecule has 0 amide bonds. The molecule has 20 heavy (non-hydrogen) atoms. The molecule has 1 fully saturated rings. The van der Waals surface area contributed by atoms with Crippen molar-refractivity contribution in [1.82, 2.24) is 5.32 Å². The summed E-state index contributed by atoms with van der Waals surface area (Å²) in [5.74, 6) is 1.00. The fourth-order valence-corrected chi connectivity index (χ4v) is 4.47. The number of halogens is 1. The van der Waals surface area contributed by atoms with Crippen molar-refractivity contribution in [2.75, 3.05) is 19.3 Å². The van der Waals surface area contributed by atoms with E-state index < -0.39 is 0 Å². The van der Waals surface area contributed by atoms with Crippen LogP contribution >= 0.6 is 23.4 Å². The van der Waals surface area contributed by atoms with Gasteiger partial charge in [0.25, 0.3) is 0 Å². The lowest BCUT2D eigenvalue weighted by Gasteiger charge is -2.27. The molecular weight excluding hydrogens is 290 g/mol. The molecule has 0 saturated heterocycles. The Bertz CT molecular complexity index is 474. The van der Waals surface area contributed by atoms with E-state index in [1.807, 2.05) is 30.0 Å². The third-order valence-electron chi connectivity index (χ3n) is 4.53. The minimum Gasteiger partial charge on any atom is -0.488 e. The first-order valence-electron chi connectivity index (χ1n) is 7.42. The molecule has 2 nitrogen and oxygen atoms in total. The number of hydrogen-bond acceptors (Lipinski definition) is 3. The Morgan fingerprint density at radius 3 is 2.95 bits per heavy atom. The van der Waals surface area contributed by atoms with Gasteiger partial charge in [-0.3, -0.25) is 0 Å². The smallest absolute Gasteiger partial charge is 0.123 e. The van der Waals surface area contributed by atoms with Crippen molar-refractivity contribution >= 4 is 23.4 Å². The predicted molar refractivity (Wildman–Crippen MR) is 87.2 cm³/mol. The van der Waals surface area contributed by atoms with Crippen molar-refractivity contribution in [3.63, 3.8) is 0 Å². The molecule has 4 heteroatoms. The lowest BCUT2D eigenvalue weighted by Crippen LogP contribution is -2.39. The minimum atomic E-state index is 0.253. The number of hydrogen-bond donors (Lipinski definition) is 1. The van der Waals surface area contributed by atoms with Gasteiger partial charge in [0.2, 0.25) is 0 Å². The summed E-state index contributed by atoms with van der Waals surface area (Å²) < 4.78 is 6.43. The Labute approximate surface area is 130 Å². The molecule has 1 unspecified atom stereocenters. The number of fused-ring (bicyclic) bond motifs is 1. The molecule has 1 heterocycles. The summed E-state index contributed by atoms with van der Waals surface area (Å²) >= 11 is 8.06. The second-order valence-corrected chi connectivity index (χ2v) is 7.63. The standard InChI is InChI=1S/C16H22ClNOS/c1-20-16(6-2-3-7-16)11-18-10-14-9-12-8-13(17)4-5-15(12)19-14/h4-5,8,14,18H,2-3,6-7,9-11H2,1H3. The first kappa shape index (κ1) is 14.6. The minimum absolute atomic E-state index is 0.253. The van der Waals surface area contributed by atoms with Gasteiger partial charge in [0.05, 0.1) is 0 Å². The Morgan fingerprint density at radius 2 is 2.20 bits per heavy atom. The fourth-order valence-electron chi connectivity index (χ4n) is 3.34. The van der Waals surface area contributed by atoms with Crippen LogP contribution in [0.2, 0.25) is 5.02 Å². The zero-order chi connectivity index (χ0) is 14.0. The third kappa shape index (κ3) is 3.10. The van der Waals surface area contributed by atoms with Crippen molar-refractivity contribution in [2.45, 2.75) is 43.0 Å². The zero-order valence-corrected chi connectivity index (χ0v) is 13.5. The molecule has 1 aliphatic carbocycles. The Kier molecular flexibility index (Phi) is 4.49. The van der Waals surface area contributed by atoms with E-state index in [9.17, 15) is 0 Å². The van der Waals surface area contributed by atoms with Gasteiger partial charge in [-0.2, -0.15) is 11.8 Å². The summed E-state index contributed by atoms with van der Waals surface area (Å²) in [5.41, 5.74) is 1.24. The van der Waals surface area contributed by atoms with E-state index in [0.29, 0.717) is 4.75 Å². The van der Waals surface area contributed by atoms with Crippen LogP contribution in [0.4, 0.5) is 0 Å². The quantitative estimate of drug-likeness (QED) is 0.891. The Balaban J connectivity index is 1.49. The topological polar surface area (TPSA) is 21.3 Å². The maximum absolute atomic E-state index is 6.02. The summed E-state index contributed by atoms with van der Waals surface area (Å²) in [5, 5.41) is 4.43. The largest absolute Gasteiger partial charge is 0.488 e. The highest BCUT2D eigenvalue weighted by Gasteiger charge is 2.33. The van der Waals surface area contributed by atoms with Crippen molar-refractivity contribution in [2.24, 2.45) is 0 Å². The number of benzene rings is 1.